The fraction of sp³-hybridized carbons (Fsp3) is 0.231. The van der Waals surface area contributed by atoms with Gasteiger partial charge in [0.05, 0.1) is 16.8 Å². The smallest absolute Gasteiger partial charge is 0.256 e. The van der Waals surface area contributed by atoms with Gasteiger partial charge in [-0.3, -0.25) is 19.4 Å². The van der Waals surface area contributed by atoms with Crippen LogP contribution in [0.15, 0.2) is 71.9 Å². The van der Waals surface area contributed by atoms with Crippen molar-refractivity contribution < 1.29 is 14.4 Å². The van der Waals surface area contributed by atoms with Crippen LogP contribution in [0.2, 0.25) is 0 Å². The molecule has 3 amide bonds. The predicted molar refractivity (Wildman–Crippen MR) is 132 cm³/mol. The van der Waals surface area contributed by atoms with Crippen LogP contribution < -0.4 is 10.6 Å². The number of hydrogen-bond acceptors (Lipinski definition) is 5. The predicted octanol–water partition coefficient (Wildman–Crippen LogP) is 3.83. The number of pyridine rings is 1. The van der Waals surface area contributed by atoms with Crippen molar-refractivity contribution in [3.05, 3.63) is 78.1 Å². The van der Waals surface area contributed by atoms with Gasteiger partial charge in [-0.25, -0.2) is 0 Å². The molecule has 7 nitrogen and oxygen atoms in total. The number of rotatable bonds is 4. The second-order valence-electron chi connectivity index (χ2n) is 8.43. The molecular weight excluding hydrogens is 448 g/mol. The van der Waals surface area contributed by atoms with Gasteiger partial charge in [0.1, 0.15) is 6.04 Å². The van der Waals surface area contributed by atoms with E-state index in [9.17, 15) is 14.4 Å². The number of carbonyl (C=O) groups excluding carboxylic acids is 3. The number of anilines is 1. The van der Waals surface area contributed by atoms with Gasteiger partial charge in [-0.2, -0.15) is 0 Å². The molecule has 2 aliphatic heterocycles. The standard InChI is InChI=1S/C26H24N4O3S/c1-34-20-7-4-16(5-8-20)17-6-9-22-21(13-17)26(33)30-12-10-19(14-23(30)25(32)29-22)28-24(31)18-3-2-11-27-15-18/h2-9,11,13,15,19,23H,10,12,14H2,1H3,(H,28,31)(H,29,32). The Hall–Kier alpha value is -3.65. The number of fused-ring (bicyclic) bond motifs is 2. The van der Waals surface area contributed by atoms with Gasteiger partial charge in [-0.15, -0.1) is 11.8 Å². The lowest BCUT2D eigenvalue weighted by atomic mass is 9.95. The van der Waals surface area contributed by atoms with E-state index in [1.165, 1.54) is 11.1 Å². The lowest BCUT2D eigenvalue weighted by molar-refractivity contribution is -0.121. The SMILES string of the molecule is CSc1ccc(-c2ccc3c(c2)C(=O)N2CCC(NC(=O)c4cccnc4)CC2C(=O)N3)cc1. The fourth-order valence-corrected chi connectivity index (χ4v) is 4.93. The highest BCUT2D eigenvalue weighted by atomic mass is 32.2. The zero-order valence-electron chi connectivity index (χ0n) is 18.7. The summed E-state index contributed by atoms with van der Waals surface area (Å²) in [5, 5.41) is 5.91. The van der Waals surface area contributed by atoms with Gasteiger partial charge in [0, 0.05) is 29.9 Å². The molecule has 172 valence electrons. The number of piperidine rings is 1. The second kappa shape index (κ2) is 9.30. The lowest BCUT2D eigenvalue weighted by Crippen LogP contribution is -2.55. The maximum atomic E-state index is 13.5. The molecule has 1 saturated heterocycles. The minimum Gasteiger partial charge on any atom is -0.349 e. The van der Waals surface area contributed by atoms with E-state index < -0.39 is 6.04 Å². The normalized spacial score (nSPS) is 19.5. The second-order valence-corrected chi connectivity index (χ2v) is 9.31. The molecule has 34 heavy (non-hydrogen) atoms. The molecule has 2 aliphatic rings. The van der Waals surface area contributed by atoms with Crippen LogP contribution in [0, 0.1) is 0 Å². The van der Waals surface area contributed by atoms with Crippen LogP contribution in [-0.4, -0.2) is 52.5 Å². The van der Waals surface area contributed by atoms with E-state index in [4.69, 9.17) is 0 Å². The number of amides is 3. The van der Waals surface area contributed by atoms with Gasteiger partial charge in [0.15, 0.2) is 0 Å². The maximum Gasteiger partial charge on any atom is 0.256 e. The lowest BCUT2D eigenvalue weighted by Gasteiger charge is -2.37. The number of aromatic nitrogens is 1. The molecule has 2 atom stereocenters. The summed E-state index contributed by atoms with van der Waals surface area (Å²) in [6, 6.07) is 16.3. The van der Waals surface area contributed by atoms with E-state index in [-0.39, 0.29) is 23.8 Å². The summed E-state index contributed by atoms with van der Waals surface area (Å²) in [6.45, 7) is 0.390. The van der Waals surface area contributed by atoms with Crippen molar-refractivity contribution >= 4 is 35.2 Å². The summed E-state index contributed by atoms with van der Waals surface area (Å²) in [7, 11) is 0. The van der Waals surface area contributed by atoms with Crippen molar-refractivity contribution in [2.45, 2.75) is 29.8 Å². The molecule has 3 aromatic rings. The third-order valence-electron chi connectivity index (χ3n) is 6.36. The highest BCUT2D eigenvalue weighted by Crippen LogP contribution is 2.32. The summed E-state index contributed by atoms with van der Waals surface area (Å²) in [5.74, 6) is -0.630. The van der Waals surface area contributed by atoms with Crippen LogP contribution in [0.5, 0.6) is 0 Å². The van der Waals surface area contributed by atoms with E-state index in [1.807, 2.05) is 30.5 Å². The summed E-state index contributed by atoms with van der Waals surface area (Å²) in [5.41, 5.74) is 3.41. The van der Waals surface area contributed by atoms with Crippen molar-refractivity contribution in [2.24, 2.45) is 0 Å². The third kappa shape index (κ3) is 4.28. The Morgan fingerprint density at radius 3 is 2.65 bits per heavy atom. The van der Waals surface area contributed by atoms with Gasteiger partial charge >= 0.3 is 0 Å². The van der Waals surface area contributed by atoms with Crippen LogP contribution in [0.1, 0.15) is 33.6 Å². The van der Waals surface area contributed by atoms with Crippen LogP contribution in [0.25, 0.3) is 11.1 Å². The molecule has 2 N–H and O–H groups in total. The number of nitrogens with one attached hydrogen (secondary N) is 2. The molecule has 0 radical (unpaired) electrons. The van der Waals surface area contributed by atoms with Gasteiger partial charge in [0.2, 0.25) is 5.91 Å². The van der Waals surface area contributed by atoms with E-state index in [1.54, 1.807) is 41.1 Å². The van der Waals surface area contributed by atoms with Gasteiger partial charge < -0.3 is 15.5 Å². The number of carbonyl (C=O) groups is 3. The van der Waals surface area contributed by atoms with E-state index >= 15 is 0 Å². The largest absolute Gasteiger partial charge is 0.349 e. The number of benzene rings is 2. The van der Waals surface area contributed by atoms with Crippen LogP contribution >= 0.6 is 11.8 Å². The summed E-state index contributed by atoms with van der Waals surface area (Å²) in [4.78, 5) is 45.9. The zero-order valence-corrected chi connectivity index (χ0v) is 19.5. The first kappa shape index (κ1) is 22.2. The minimum atomic E-state index is -0.642. The quantitative estimate of drug-likeness (QED) is 0.563. The van der Waals surface area contributed by atoms with Crippen molar-refractivity contribution in [1.82, 2.24) is 15.2 Å². The van der Waals surface area contributed by atoms with Crippen LogP contribution in [-0.2, 0) is 4.79 Å². The number of nitrogens with zero attached hydrogens (tertiary/aromatic N) is 2. The highest BCUT2D eigenvalue weighted by molar-refractivity contribution is 7.98. The molecule has 0 saturated carbocycles. The highest BCUT2D eigenvalue weighted by Gasteiger charge is 2.40. The first-order valence-electron chi connectivity index (χ1n) is 11.1. The number of hydrogen-bond donors (Lipinski definition) is 2. The Labute approximate surface area is 202 Å². The molecule has 2 aromatic carbocycles. The Morgan fingerprint density at radius 2 is 1.91 bits per heavy atom. The molecular formula is C26H24N4O3S. The summed E-state index contributed by atoms with van der Waals surface area (Å²) >= 11 is 1.68. The van der Waals surface area contributed by atoms with E-state index in [0.717, 1.165) is 11.1 Å². The molecule has 5 rings (SSSR count). The van der Waals surface area contributed by atoms with Crippen molar-refractivity contribution in [2.75, 3.05) is 18.1 Å². The van der Waals surface area contributed by atoms with Crippen molar-refractivity contribution in [3.63, 3.8) is 0 Å². The summed E-state index contributed by atoms with van der Waals surface area (Å²) in [6.07, 6.45) is 6.09. The molecule has 0 bridgehead atoms. The number of thioether (sulfide) groups is 1. The van der Waals surface area contributed by atoms with Crippen molar-refractivity contribution in [1.29, 1.82) is 0 Å². The molecule has 2 unspecified atom stereocenters. The Morgan fingerprint density at radius 1 is 1.12 bits per heavy atom. The Balaban J connectivity index is 1.36. The monoisotopic (exact) mass is 472 g/mol. The zero-order chi connectivity index (χ0) is 23.7. The molecule has 0 aliphatic carbocycles. The van der Waals surface area contributed by atoms with Crippen molar-refractivity contribution in [3.8, 4) is 11.1 Å². The average molecular weight is 473 g/mol. The molecule has 8 heteroatoms. The Kier molecular flexibility index (Phi) is 6.06. The molecule has 3 heterocycles. The minimum absolute atomic E-state index is 0.169. The Bertz CT molecular complexity index is 1250. The van der Waals surface area contributed by atoms with E-state index in [0.29, 0.717) is 36.2 Å². The van der Waals surface area contributed by atoms with Crippen LogP contribution in [0.3, 0.4) is 0 Å². The molecule has 0 spiro atoms. The van der Waals surface area contributed by atoms with E-state index in [2.05, 4.69) is 27.8 Å². The van der Waals surface area contributed by atoms with Gasteiger partial charge in [0.25, 0.3) is 11.8 Å². The van der Waals surface area contributed by atoms with Gasteiger partial charge in [-0.1, -0.05) is 18.2 Å². The van der Waals surface area contributed by atoms with Gasteiger partial charge in [-0.05, 0) is 66.6 Å². The third-order valence-corrected chi connectivity index (χ3v) is 7.10. The first-order chi connectivity index (χ1) is 16.5. The van der Waals surface area contributed by atoms with Crippen LogP contribution in [0.4, 0.5) is 5.69 Å². The fourth-order valence-electron chi connectivity index (χ4n) is 4.52. The maximum absolute atomic E-state index is 13.5. The first-order valence-corrected chi connectivity index (χ1v) is 12.4. The topological polar surface area (TPSA) is 91.4 Å². The molecule has 1 fully saturated rings. The molecule has 1 aromatic heterocycles. The average Bonchev–Trinajstić information content (AvgIpc) is 2.98. The summed E-state index contributed by atoms with van der Waals surface area (Å²) < 4.78 is 0.